The number of ether oxygens (including phenoxy) is 3. The fourth-order valence-corrected chi connectivity index (χ4v) is 6.91. The molecule has 0 saturated carbocycles. The highest BCUT2D eigenvalue weighted by Crippen LogP contribution is 2.16. The molecule has 2 atom stereocenters. The lowest BCUT2D eigenvalue weighted by molar-refractivity contribution is -0.889. The first-order valence-corrected chi connectivity index (χ1v) is 23.5. The van der Waals surface area contributed by atoms with Crippen molar-refractivity contribution in [3.8, 4) is 0 Å². The van der Waals surface area contributed by atoms with E-state index in [1.54, 1.807) is 21.1 Å². The molecule has 0 radical (unpaired) electrons. The number of esters is 2. The zero-order valence-corrected chi connectivity index (χ0v) is 37.8. The van der Waals surface area contributed by atoms with E-state index in [1.165, 1.54) is 96.3 Å². The van der Waals surface area contributed by atoms with E-state index in [0.717, 1.165) is 77.0 Å². The number of rotatable bonds is 42. The van der Waals surface area contributed by atoms with E-state index in [4.69, 9.17) is 14.2 Å². The van der Waals surface area contributed by atoms with Crippen LogP contribution < -0.4 is 5.11 Å². The molecule has 0 aliphatic carbocycles. The summed E-state index contributed by atoms with van der Waals surface area (Å²) in [6.45, 7) is 4.55. The predicted molar refractivity (Wildman–Crippen MR) is 236 cm³/mol. The Hall–Kier alpha value is -2.45. The molecule has 0 amide bonds. The van der Waals surface area contributed by atoms with Crippen molar-refractivity contribution in [1.82, 2.24) is 0 Å². The average molecular weight is 804 g/mol. The van der Waals surface area contributed by atoms with Gasteiger partial charge in [0.05, 0.1) is 40.3 Å². The van der Waals surface area contributed by atoms with E-state index in [0.29, 0.717) is 12.8 Å². The summed E-state index contributed by atoms with van der Waals surface area (Å²) in [4.78, 5) is 36.9. The topological polar surface area (TPSA) is 102 Å². The van der Waals surface area contributed by atoms with Gasteiger partial charge in [-0.05, 0) is 44.9 Å². The SMILES string of the molecule is CC/C=C\C/C=C\C/C=C\CCCCCCCC(=O)OC(COCCC(C(=O)[O-])[N+](C)(C)C)COC(=O)CCCCCCCCCCCCCCCCCCCC. The van der Waals surface area contributed by atoms with Gasteiger partial charge in [-0.1, -0.05) is 179 Å². The Morgan fingerprint density at radius 1 is 0.544 bits per heavy atom. The number of allylic oxidation sites excluding steroid dienone is 6. The van der Waals surface area contributed by atoms with Crippen LogP contribution in [0.25, 0.3) is 0 Å². The van der Waals surface area contributed by atoms with E-state index in [9.17, 15) is 19.5 Å². The molecule has 0 aliphatic rings. The minimum Gasteiger partial charge on any atom is -0.544 e. The number of hydrogen-bond donors (Lipinski definition) is 0. The van der Waals surface area contributed by atoms with Crippen molar-refractivity contribution in [2.24, 2.45) is 0 Å². The first-order valence-electron chi connectivity index (χ1n) is 23.5. The van der Waals surface area contributed by atoms with E-state index in [2.05, 4.69) is 50.3 Å². The van der Waals surface area contributed by atoms with Gasteiger partial charge in [-0.15, -0.1) is 0 Å². The number of carboxylic acid groups (broad SMARTS) is 1. The molecular weight excluding hydrogens is 715 g/mol. The molecule has 8 nitrogen and oxygen atoms in total. The van der Waals surface area contributed by atoms with Gasteiger partial charge in [0, 0.05) is 19.3 Å². The molecule has 0 heterocycles. The fraction of sp³-hybridized carbons (Fsp3) is 0.816. The summed E-state index contributed by atoms with van der Waals surface area (Å²) in [6, 6.07) is -0.727. The Balaban J connectivity index is 4.29. The molecule has 0 spiro atoms. The van der Waals surface area contributed by atoms with Crippen LogP contribution in [0.3, 0.4) is 0 Å². The number of unbranched alkanes of at least 4 members (excludes halogenated alkanes) is 22. The third-order valence-electron chi connectivity index (χ3n) is 10.5. The molecule has 8 heteroatoms. The van der Waals surface area contributed by atoms with Gasteiger partial charge < -0.3 is 28.6 Å². The number of carbonyl (C=O) groups excluding carboxylic acids is 3. The number of likely N-dealkylation sites (N-methyl/N-ethyl adjacent to an activating group) is 1. The average Bonchev–Trinajstić information content (AvgIpc) is 3.17. The highest BCUT2D eigenvalue weighted by molar-refractivity contribution is 5.70. The Morgan fingerprint density at radius 3 is 1.46 bits per heavy atom. The quantitative estimate of drug-likeness (QED) is 0.0262. The zero-order valence-electron chi connectivity index (χ0n) is 37.8. The summed E-state index contributed by atoms with van der Waals surface area (Å²) in [5.74, 6) is -1.75. The molecule has 0 N–H and O–H groups in total. The molecule has 0 aromatic carbocycles. The molecular formula is C49H89NO7. The monoisotopic (exact) mass is 804 g/mol. The number of carbonyl (C=O) groups is 3. The molecule has 0 aromatic heterocycles. The van der Waals surface area contributed by atoms with E-state index < -0.39 is 18.1 Å². The molecule has 0 bridgehead atoms. The summed E-state index contributed by atoms with van der Waals surface area (Å²) in [5, 5.41) is 11.6. The van der Waals surface area contributed by atoms with Crippen LogP contribution in [0, 0.1) is 0 Å². The van der Waals surface area contributed by atoms with Crippen LogP contribution in [0.1, 0.15) is 206 Å². The lowest BCUT2D eigenvalue weighted by Gasteiger charge is -2.34. The third kappa shape index (κ3) is 38.8. The second-order valence-electron chi connectivity index (χ2n) is 17.0. The molecule has 0 fully saturated rings. The van der Waals surface area contributed by atoms with Crippen molar-refractivity contribution >= 4 is 17.9 Å². The Morgan fingerprint density at radius 2 is 0.982 bits per heavy atom. The highest BCUT2D eigenvalue weighted by Gasteiger charge is 2.25. The maximum Gasteiger partial charge on any atom is 0.306 e. The van der Waals surface area contributed by atoms with Gasteiger partial charge >= 0.3 is 11.9 Å². The summed E-state index contributed by atoms with van der Waals surface area (Å²) >= 11 is 0. The Labute approximate surface area is 351 Å². The van der Waals surface area contributed by atoms with Gasteiger partial charge in [-0.2, -0.15) is 0 Å². The van der Waals surface area contributed by atoms with Crippen LogP contribution >= 0.6 is 0 Å². The van der Waals surface area contributed by atoms with Gasteiger partial charge in [0.15, 0.2) is 6.10 Å². The van der Waals surface area contributed by atoms with Gasteiger partial charge in [0.2, 0.25) is 0 Å². The standard InChI is InChI=1S/C49H89NO7/c1-6-8-10-12-14-16-18-20-22-23-24-26-27-29-31-33-35-37-39-47(51)56-44-45(43-55-42-41-46(49(53)54)50(3,4)5)57-48(52)40-38-36-34-32-30-28-25-21-19-17-15-13-11-9-7-2/h9,11,15,17,21,25,45-46H,6-8,10,12-14,16,18-20,22-24,26-44H2,1-5H3/b11-9-,17-15-,25-21-. The first kappa shape index (κ1) is 54.6. The fourth-order valence-electron chi connectivity index (χ4n) is 6.91. The molecule has 0 aromatic rings. The van der Waals surface area contributed by atoms with Crippen LogP contribution in [-0.4, -0.2) is 75.5 Å². The Bertz CT molecular complexity index is 1030. The molecule has 0 rings (SSSR count). The number of quaternary nitrogens is 1. The summed E-state index contributed by atoms with van der Waals surface area (Å²) in [7, 11) is 5.41. The first-order chi connectivity index (χ1) is 27.6. The number of nitrogens with zero attached hydrogens (tertiary/aromatic N) is 1. The van der Waals surface area contributed by atoms with E-state index in [1.807, 2.05) is 0 Å². The van der Waals surface area contributed by atoms with E-state index >= 15 is 0 Å². The van der Waals surface area contributed by atoms with Crippen LogP contribution in [0.5, 0.6) is 0 Å². The Kier molecular flexibility index (Phi) is 38.6. The van der Waals surface area contributed by atoms with E-state index in [-0.39, 0.29) is 42.7 Å². The van der Waals surface area contributed by atoms with Crippen LogP contribution in [0.4, 0.5) is 0 Å². The number of carboxylic acids is 1. The van der Waals surface area contributed by atoms with Crippen LogP contribution in [0.2, 0.25) is 0 Å². The number of aliphatic carboxylic acids is 1. The van der Waals surface area contributed by atoms with Gasteiger partial charge in [-0.25, -0.2) is 0 Å². The molecule has 0 aliphatic heterocycles. The molecule has 332 valence electrons. The van der Waals surface area contributed by atoms with Crippen molar-refractivity contribution in [2.45, 2.75) is 219 Å². The summed E-state index contributed by atoms with van der Waals surface area (Å²) in [5.41, 5.74) is 0. The summed E-state index contributed by atoms with van der Waals surface area (Å²) in [6.07, 6.45) is 46.0. The van der Waals surface area contributed by atoms with Gasteiger partial charge in [0.25, 0.3) is 0 Å². The minimum atomic E-state index is -1.13. The van der Waals surface area contributed by atoms with Crippen molar-refractivity contribution < 1.29 is 38.2 Å². The lowest BCUT2D eigenvalue weighted by atomic mass is 10.0. The van der Waals surface area contributed by atoms with Crippen molar-refractivity contribution in [1.29, 1.82) is 0 Å². The van der Waals surface area contributed by atoms with Crippen molar-refractivity contribution in [2.75, 3.05) is 41.0 Å². The van der Waals surface area contributed by atoms with Gasteiger partial charge in [-0.3, -0.25) is 9.59 Å². The zero-order chi connectivity index (χ0) is 42.1. The second kappa shape index (κ2) is 40.3. The maximum absolute atomic E-state index is 12.7. The van der Waals surface area contributed by atoms with Crippen LogP contribution in [0.15, 0.2) is 36.5 Å². The second-order valence-corrected chi connectivity index (χ2v) is 17.0. The lowest BCUT2D eigenvalue weighted by Crippen LogP contribution is -2.55. The maximum atomic E-state index is 12.7. The third-order valence-corrected chi connectivity index (χ3v) is 10.5. The largest absolute Gasteiger partial charge is 0.544 e. The highest BCUT2D eigenvalue weighted by atomic mass is 16.6. The van der Waals surface area contributed by atoms with Gasteiger partial charge in [0.1, 0.15) is 12.6 Å². The van der Waals surface area contributed by atoms with Crippen molar-refractivity contribution in [3.05, 3.63) is 36.5 Å². The molecule has 57 heavy (non-hydrogen) atoms. The normalized spacial score (nSPS) is 13.2. The van der Waals surface area contributed by atoms with Crippen molar-refractivity contribution in [3.63, 3.8) is 0 Å². The molecule has 0 saturated heterocycles. The predicted octanol–water partition coefficient (Wildman–Crippen LogP) is 11.7. The summed E-state index contributed by atoms with van der Waals surface area (Å²) < 4.78 is 17.2. The molecule has 2 unspecified atom stereocenters. The minimum absolute atomic E-state index is 0.0361. The van der Waals surface area contributed by atoms with Crippen LogP contribution in [-0.2, 0) is 28.6 Å². The number of hydrogen-bond acceptors (Lipinski definition) is 7. The smallest absolute Gasteiger partial charge is 0.306 e.